The highest BCUT2D eigenvalue weighted by molar-refractivity contribution is 6.30. The number of alkyl halides is 3. The van der Waals surface area contributed by atoms with E-state index in [9.17, 15) is 23.1 Å². The van der Waals surface area contributed by atoms with Crippen molar-refractivity contribution in [3.05, 3.63) is 34.6 Å². The molecule has 12 heteroatoms. The van der Waals surface area contributed by atoms with Crippen LogP contribution < -0.4 is 4.90 Å². The Hall–Kier alpha value is -2.37. The number of likely N-dealkylation sites (tertiary alicyclic amines) is 1. The molecule has 8 nitrogen and oxygen atoms in total. The Kier molecular flexibility index (Phi) is 4.66. The van der Waals surface area contributed by atoms with E-state index in [4.69, 9.17) is 11.6 Å². The molecular weight excluding hydrogens is 497 g/mol. The number of rotatable bonds is 3. The van der Waals surface area contributed by atoms with Gasteiger partial charge >= 0.3 is 6.18 Å². The van der Waals surface area contributed by atoms with Gasteiger partial charge in [-0.1, -0.05) is 11.6 Å². The minimum absolute atomic E-state index is 0.102. The molecule has 2 saturated carbocycles. The van der Waals surface area contributed by atoms with Crippen LogP contribution in [0.1, 0.15) is 37.1 Å². The van der Waals surface area contributed by atoms with Crippen LogP contribution >= 0.6 is 11.6 Å². The van der Waals surface area contributed by atoms with Crippen molar-refractivity contribution >= 4 is 23.5 Å². The van der Waals surface area contributed by atoms with Gasteiger partial charge in [0.05, 0.1) is 12.2 Å². The fourth-order valence-corrected chi connectivity index (χ4v) is 6.49. The maximum Gasteiger partial charge on any atom is 0.417 e. The predicted octanol–water partition coefficient (Wildman–Crippen LogP) is 2.75. The molecule has 2 aliphatic carbocycles. The summed E-state index contributed by atoms with van der Waals surface area (Å²) in [5, 5.41) is 19.4. The summed E-state index contributed by atoms with van der Waals surface area (Å²) in [6.45, 7) is 3.86. The number of aliphatic hydroxyl groups is 1. The number of nitrogens with zero attached hydrogens (tertiary/aromatic N) is 6. The van der Waals surface area contributed by atoms with Crippen LogP contribution in [0.25, 0.3) is 5.69 Å². The van der Waals surface area contributed by atoms with E-state index in [1.165, 1.54) is 0 Å². The summed E-state index contributed by atoms with van der Waals surface area (Å²) < 4.78 is 41.7. The van der Waals surface area contributed by atoms with Gasteiger partial charge in [0, 0.05) is 68.0 Å². The van der Waals surface area contributed by atoms with Crippen LogP contribution in [-0.4, -0.2) is 79.6 Å². The highest BCUT2D eigenvalue weighted by atomic mass is 35.5. The second-order valence-electron chi connectivity index (χ2n) is 11.3. The Balaban J connectivity index is 1.13. The van der Waals surface area contributed by atoms with Gasteiger partial charge in [-0.2, -0.15) is 13.2 Å². The summed E-state index contributed by atoms with van der Waals surface area (Å²) in [7, 11) is 0. The second kappa shape index (κ2) is 7.35. The molecule has 2 saturated heterocycles. The van der Waals surface area contributed by atoms with Gasteiger partial charge in [-0.25, -0.2) is 0 Å². The molecule has 1 spiro atoms. The lowest BCUT2D eigenvalue weighted by molar-refractivity contribution is -0.300. The van der Waals surface area contributed by atoms with E-state index in [0.29, 0.717) is 29.9 Å². The van der Waals surface area contributed by atoms with Gasteiger partial charge in [0.2, 0.25) is 11.9 Å². The van der Waals surface area contributed by atoms with Crippen molar-refractivity contribution in [1.82, 2.24) is 24.6 Å². The first kappa shape index (κ1) is 22.8. The van der Waals surface area contributed by atoms with Crippen molar-refractivity contribution in [3.63, 3.8) is 0 Å². The molecule has 1 aromatic heterocycles. The minimum atomic E-state index is -4.64. The van der Waals surface area contributed by atoms with Gasteiger partial charge in [-0.05, 0) is 36.6 Å². The number of carbonyl (C=O) groups is 1. The number of amides is 1. The van der Waals surface area contributed by atoms with Crippen molar-refractivity contribution in [2.45, 2.75) is 56.6 Å². The summed E-state index contributed by atoms with van der Waals surface area (Å²) in [6, 6.07) is 5.11. The monoisotopic (exact) mass is 522 g/mol. The zero-order chi connectivity index (χ0) is 25.0. The number of hydrogen-bond donors (Lipinski definition) is 1. The maximum absolute atomic E-state index is 13.2. The molecule has 3 aliphatic heterocycles. The highest BCUT2D eigenvalue weighted by Crippen LogP contribution is 2.49. The average Bonchev–Trinajstić information content (AvgIpc) is 3.52. The molecule has 0 bridgehead atoms. The van der Waals surface area contributed by atoms with Crippen LogP contribution in [0, 0.1) is 11.3 Å². The molecule has 7 rings (SSSR count). The van der Waals surface area contributed by atoms with Crippen molar-refractivity contribution in [3.8, 4) is 5.69 Å². The van der Waals surface area contributed by atoms with Gasteiger partial charge in [0.1, 0.15) is 0 Å². The number of anilines is 1. The lowest BCUT2D eigenvalue weighted by Crippen LogP contribution is -2.73. The Morgan fingerprint density at radius 1 is 1.08 bits per heavy atom. The van der Waals surface area contributed by atoms with E-state index >= 15 is 0 Å². The fraction of sp³-hybridized carbons (Fsp3) is 0.625. The molecule has 36 heavy (non-hydrogen) atoms. The summed E-state index contributed by atoms with van der Waals surface area (Å²) in [6.07, 6.45) is -3.35. The van der Waals surface area contributed by atoms with E-state index in [1.807, 2.05) is 26.5 Å². The molecule has 1 N–H and O–H groups in total. The normalized spacial score (nSPS) is 29.1. The third kappa shape index (κ3) is 3.39. The second-order valence-corrected chi connectivity index (χ2v) is 11.8. The minimum Gasteiger partial charge on any atom is -0.380 e. The first-order chi connectivity index (χ1) is 17.0. The summed E-state index contributed by atoms with van der Waals surface area (Å²) in [5.41, 5.74) is -0.791. The van der Waals surface area contributed by atoms with Crippen molar-refractivity contribution in [1.29, 1.82) is 0 Å². The summed E-state index contributed by atoms with van der Waals surface area (Å²) in [5.74, 6) is 1.87. The van der Waals surface area contributed by atoms with Crippen LogP contribution in [-0.2, 0) is 17.9 Å². The molecule has 4 fully saturated rings. The molecule has 0 radical (unpaired) electrons. The summed E-state index contributed by atoms with van der Waals surface area (Å²) >= 11 is 6.29. The van der Waals surface area contributed by atoms with Crippen LogP contribution in [0.2, 0.25) is 5.02 Å². The number of fused-ring (bicyclic) bond motifs is 3. The molecule has 2 aromatic rings. The number of benzene rings is 1. The Labute approximate surface area is 210 Å². The summed E-state index contributed by atoms with van der Waals surface area (Å²) in [4.78, 5) is 18.4. The fourth-order valence-electron chi connectivity index (χ4n) is 6.30. The molecule has 1 amide bonds. The van der Waals surface area contributed by atoms with E-state index in [0.717, 1.165) is 50.3 Å². The molecule has 192 valence electrons. The number of hydrogen-bond acceptors (Lipinski definition) is 6. The van der Waals surface area contributed by atoms with Gasteiger partial charge in [-0.15, -0.1) is 10.2 Å². The van der Waals surface area contributed by atoms with Gasteiger partial charge in [0.25, 0.3) is 0 Å². The lowest BCUT2D eigenvalue weighted by atomic mass is 9.73. The van der Waals surface area contributed by atoms with Gasteiger partial charge in [0.15, 0.2) is 11.4 Å². The Morgan fingerprint density at radius 2 is 1.81 bits per heavy atom. The maximum atomic E-state index is 13.2. The van der Waals surface area contributed by atoms with Crippen molar-refractivity contribution < 1.29 is 23.1 Å². The molecule has 5 aliphatic rings. The molecule has 1 aromatic carbocycles. The van der Waals surface area contributed by atoms with E-state index < -0.39 is 17.8 Å². The predicted molar refractivity (Wildman–Crippen MR) is 124 cm³/mol. The van der Waals surface area contributed by atoms with Crippen molar-refractivity contribution in [2.24, 2.45) is 11.3 Å². The zero-order valence-corrected chi connectivity index (χ0v) is 20.3. The van der Waals surface area contributed by atoms with Crippen LogP contribution in [0.15, 0.2) is 18.2 Å². The third-order valence-electron chi connectivity index (χ3n) is 8.53. The van der Waals surface area contributed by atoms with Gasteiger partial charge in [-0.3, -0.25) is 14.3 Å². The quantitative estimate of drug-likeness (QED) is 0.668. The highest BCUT2D eigenvalue weighted by Gasteiger charge is 2.62. The zero-order valence-electron chi connectivity index (χ0n) is 19.5. The van der Waals surface area contributed by atoms with Crippen LogP contribution in [0.4, 0.5) is 19.1 Å². The van der Waals surface area contributed by atoms with E-state index in [1.54, 1.807) is 6.07 Å². The van der Waals surface area contributed by atoms with Crippen LogP contribution in [0.3, 0.4) is 0 Å². The number of aromatic nitrogens is 3. The largest absolute Gasteiger partial charge is 0.417 e. The number of halogens is 4. The standard InChI is InChI=1S/C24H26ClF3N6O2/c25-16-3-4-18-15(5-16)8-31(17-6-23(36,7-17)24(26,27)28)9-19-29-30-21(34(18)19)33-12-22(13-33)10-32(11-22)20(35)14-1-2-14/h3-5,14,17,36H,1-2,6-13H2. The number of carbonyl (C=O) groups excluding carboxylic acids is 1. The first-order valence-electron chi connectivity index (χ1n) is 12.3. The molecule has 0 unspecified atom stereocenters. The molecular formula is C24H26ClF3N6O2. The smallest absolute Gasteiger partial charge is 0.380 e. The Bertz CT molecular complexity index is 1240. The Morgan fingerprint density at radius 3 is 2.47 bits per heavy atom. The molecule has 4 heterocycles. The molecule has 0 atom stereocenters. The third-order valence-corrected chi connectivity index (χ3v) is 8.77. The van der Waals surface area contributed by atoms with Crippen molar-refractivity contribution in [2.75, 3.05) is 31.1 Å². The van der Waals surface area contributed by atoms with E-state index in [-0.39, 0.29) is 30.1 Å². The first-order valence-corrected chi connectivity index (χ1v) is 12.7. The van der Waals surface area contributed by atoms with Crippen LogP contribution in [0.5, 0.6) is 0 Å². The topological polar surface area (TPSA) is 77.7 Å². The lowest BCUT2D eigenvalue weighted by Gasteiger charge is -2.60. The SMILES string of the molecule is O=C(C1CC1)N1CC2(C1)CN(c1nnc3n1-c1ccc(Cl)cc1CN(C1CC(O)(C(F)(F)F)C1)C3)C2. The van der Waals surface area contributed by atoms with E-state index in [2.05, 4.69) is 15.1 Å². The van der Waals surface area contributed by atoms with Gasteiger partial charge < -0.3 is 14.9 Å². The average molecular weight is 523 g/mol.